The van der Waals surface area contributed by atoms with Crippen LogP contribution in [-0.4, -0.2) is 32.4 Å². The summed E-state index contributed by atoms with van der Waals surface area (Å²) in [7, 11) is 0. The molecule has 0 aliphatic heterocycles. The predicted octanol–water partition coefficient (Wildman–Crippen LogP) is 2.93. The van der Waals surface area contributed by atoms with Gasteiger partial charge in [0.2, 0.25) is 5.95 Å². The minimum Gasteiger partial charge on any atom is -0.390 e. The molecule has 0 unspecified atom stereocenters. The SMILES string of the molecule is Cc1cnc(N[C@H]2c3ccccc3C[C@H]2O)nc1N[C@H]1c2ccccc2C[C@H]1O. The van der Waals surface area contributed by atoms with Crippen LogP contribution in [0.25, 0.3) is 0 Å². The van der Waals surface area contributed by atoms with Gasteiger partial charge in [-0.25, -0.2) is 4.98 Å². The first-order chi connectivity index (χ1) is 14.1. The Kier molecular flexibility index (Phi) is 4.45. The van der Waals surface area contributed by atoms with Crippen LogP contribution in [-0.2, 0) is 12.8 Å². The predicted molar refractivity (Wildman–Crippen MR) is 112 cm³/mol. The summed E-state index contributed by atoms with van der Waals surface area (Å²) < 4.78 is 0. The van der Waals surface area contributed by atoms with Gasteiger partial charge >= 0.3 is 0 Å². The molecule has 0 saturated heterocycles. The van der Waals surface area contributed by atoms with Crippen LogP contribution in [0.5, 0.6) is 0 Å². The molecule has 2 aromatic carbocycles. The first kappa shape index (κ1) is 18.1. The molecule has 0 spiro atoms. The normalized spacial score (nSPS) is 24.8. The molecule has 6 nitrogen and oxygen atoms in total. The number of fused-ring (bicyclic) bond motifs is 2. The van der Waals surface area contributed by atoms with Crippen LogP contribution in [0.2, 0.25) is 0 Å². The zero-order valence-electron chi connectivity index (χ0n) is 16.2. The van der Waals surface area contributed by atoms with E-state index in [1.54, 1.807) is 6.20 Å². The number of benzene rings is 2. The van der Waals surface area contributed by atoms with E-state index in [-0.39, 0.29) is 12.1 Å². The Morgan fingerprint density at radius 2 is 1.38 bits per heavy atom. The van der Waals surface area contributed by atoms with E-state index < -0.39 is 12.2 Å². The molecule has 0 bridgehead atoms. The summed E-state index contributed by atoms with van der Waals surface area (Å²) in [5.41, 5.74) is 5.40. The number of aromatic nitrogens is 2. The van der Waals surface area contributed by atoms with E-state index in [4.69, 9.17) is 0 Å². The molecule has 148 valence electrons. The Morgan fingerprint density at radius 3 is 2.00 bits per heavy atom. The second-order valence-corrected chi connectivity index (χ2v) is 7.91. The fourth-order valence-corrected chi connectivity index (χ4v) is 4.44. The van der Waals surface area contributed by atoms with E-state index in [9.17, 15) is 10.2 Å². The van der Waals surface area contributed by atoms with Crippen molar-refractivity contribution in [3.63, 3.8) is 0 Å². The van der Waals surface area contributed by atoms with Crippen molar-refractivity contribution in [3.05, 3.63) is 82.5 Å². The lowest BCUT2D eigenvalue weighted by Gasteiger charge is -2.22. The van der Waals surface area contributed by atoms with Crippen LogP contribution in [0.15, 0.2) is 54.7 Å². The van der Waals surface area contributed by atoms with Crippen LogP contribution in [0, 0.1) is 6.92 Å². The van der Waals surface area contributed by atoms with Crippen molar-refractivity contribution in [1.29, 1.82) is 0 Å². The van der Waals surface area contributed by atoms with E-state index in [2.05, 4.69) is 26.7 Å². The van der Waals surface area contributed by atoms with Gasteiger partial charge in [-0.05, 0) is 29.2 Å². The molecule has 6 heteroatoms. The fourth-order valence-electron chi connectivity index (χ4n) is 4.44. The number of nitrogens with one attached hydrogen (secondary N) is 2. The van der Waals surface area contributed by atoms with E-state index in [0.717, 1.165) is 27.8 Å². The van der Waals surface area contributed by atoms with Gasteiger partial charge in [0.15, 0.2) is 0 Å². The van der Waals surface area contributed by atoms with Gasteiger partial charge < -0.3 is 20.8 Å². The van der Waals surface area contributed by atoms with Gasteiger partial charge in [-0.1, -0.05) is 48.5 Å². The molecule has 0 saturated carbocycles. The molecular weight excluding hydrogens is 364 g/mol. The van der Waals surface area contributed by atoms with Crippen LogP contribution in [0.1, 0.15) is 39.9 Å². The van der Waals surface area contributed by atoms with Crippen LogP contribution < -0.4 is 10.6 Å². The van der Waals surface area contributed by atoms with Crippen molar-refractivity contribution in [3.8, 4) is 0 Å². The summed E-state index contributed by atoms with van der Waals surface area (Å²) in [5.74, 6) is 1.14. The first-order valence-electron chi connectivity index (χ1n) is 9.98. The third-order valence-electron chi connectivity index (χ3n) is 5.96. The van der Waals surface area contributed by atoms with E-state index in [0.29, 0.717) is 24.6 Å². The zero-order chi connectivity index (χ0) is 20.0. The van der Waals surface area contributed by atoms with Crippen LogP contribution >= 0.6 is 0 Å². The molecular formula is C23H24N4O2. The van der Waals surface area contributed by atoms with Crippen LogP contribution in [0.3, 0.4) is 0 Å². The molecule has 0 amide bonds. The third kappa shape index (κ3) is 3.24. The maximum absolute atomic E-state index is 10.6. The average molecular weight is 388 g/mol. The Labute approximate surface area is 169 Å². The number of hydrogen-bond donors (Lipinski definition) is 4. The Morgan fingerprint density at radius 1 is 0.828 bits per heavy atom. The van der Waals surface area contributed by atoms with E-state index in [1.165, 1.54) is 0 Å². The number of aryl methyl sites for hydroxylation is 1. The zero-order valence-corrected chi connectivity index (χ0v) is 16.2. The highest BCUT2D eigenvalue weighted by Gasteiger charge is 2.33. The second-order valence-electron chi connectivity index (χ2n) is 7.91. The molecule has 3 aromatic rings. The Hall–Kier alpha value is -2.96. The van der Waals surface area contributed by atoms with Crippen molar-refractivity contribution < 1.29 is 10.2 Å². The summed E-state index contributed by atoms with van der Waals surface area (Å²) in [6, 6.07) is 15.7. The second kappa shape index (κ2) is 7.13. The number of anilines is 2. The van der Waals surface area contributed by atoms with Gasteiger partial charge in [0.25, 0.3) is 0 Å². The summed E-state index contributed by atoms with van der Waals surface area (Å²) in [4.78, 5) is 9.07. The smallest absolute Gasteiger partial charge is 0.225 e. The largest absolute Gasteiger partial charge is 0.390 e. The summed E-state index contributed by atoms with van der Waals surface area (Å²) in [6.45, 7) is 1.94. The lowest BCUT2D eigenvalue weighted by Crippen LogP contribution is -2.24. The number of rotatable bonds is 4. The fraction of sp³-hybridized carbons (Fsp3) is 0.304. The summed E-state index contributed by atoms with van der Waals surface area (Å²) in [5, 5.41) is 27.8. The molecule has 29 heavy (non-hydrogen) atoms. The van der Waals surface area contributed by atoms with Crippen molar-refractivity contribution in [1.82, 2.24) is 9.97 Å². The molecule has 5 rings (SSSR count). The highest BCUT2D eigenvalue weighted by Crippen LogP contribution is 2.36. The molecule has 4 N–H and O–H groups in total. The Bertz CT molecular complexity index is 1050. The van der Waals surface area contributed by atoms with Gasteiger partial charge in [0.1, 0.15) is 5.82 Å². The highest BCUT2D eigenvalue weighted by molar-refractivity contribution is 5.52. The van der Waals surface area contributed by atoms with Crippen molar-refractivity contribution in [2.45, 2.75) is 44.1 Å². The standard InChI is InChI=1S/C23H24N4O2/c1-13-12-24-23(26-21-17-9-5-3-7-15(17)11-19(21)29)27-22(13)25-20-16-8-4-2-6-14(16)10-18(20)28/h2-9,12,18-21,28-29H,10-11H2,1H3,(H2,24,25,26,27)/t18-,19-,20+,21+/m1/s1. The van der Waals surface area contributed by atoms with Gasteiger partial charge in [0, 0.05) is 24.6 Å². The van der Waals surface area contributed by atoms with Gasteiger partial charge in [-0.3, -0.25) is 0 Å². The highest BCUT2D eigenvalue weighted by atomic mass is 16.3. The van der Waals surface area contributed by atoms with Gasteiger partial charge in [-0.15, -0.1) is 0 Å². The van der Waals surface area contributed by atoms with E-state index in [1.807, 2.05) is 49.4 Å². The minimum absolute atomic E-state index is 0.203. The summed E-state index contributed by atoms with van der Waals surface area (Å²) in [6.07, 6.45) is 2.00. The minimum atomic E-state index is -0.516. The molecule has 2 aliphatic carbocycles. The molecule has 4 atom stereocenters. The third-order valence-corrected chi connectivity index (χ3v) is 5.96. The molecule has 0 fully saturated rings. The topological polar surface area (TPSA) is 90.3 Å². The average Bonchev–Trinajstić information content (AvgIpc) is 3.21. The quantitative estimate of drug-likeness (QED) is 0.549. The van der Waals surface area contributed by atoms with Crippen molar-refractivity contribution in [2.24, 2.45) is 0 Å². The van der Waals surface area contributed by atoms with Gasteiger partial charge in [-0.2, -0.15) is 4.98 Å². The number of aliphatic hydroxyl groups excluding tert-OH is 2. The molecule has 1 heterocycles. The van der Waals surface area contributed by atoms with Crippen LogP contribution in [0.4, 0.5) is 11.8 Å². The molecule has 0 radical (unpaired) electrons. The van der Waals surface area contributed by atoms with Gasteiger partial charge in [0.05, 0.1) is 24.3 Å². The number of hydrogen-bond acceptors (Lipinski definition) is 6. The first-order valence-corrected chi connectivity index (χ1v) is 9.98. The monoisotopic (exact) mass is 388 g/mol. The Balaban J connectivity index is 1.40. The van der Waals surface area contributed by atoms with Crippen molar-refractivity contribution in [2.75, 3.05) is 10.6 Å². The van der Waals surface area contributed by atoms with Crippen molar-refractivity contribution >= 4 is 11.8 Å². The summed E-state index contributed by atoms with van der Waals surface area (Å²) >= 11 is 0. The number of aliphatic hydroxyl groups is 2. The lowest BCUT2D eigenvalue weighted by atomic mass is 10.1. The molecule has 1 aromatic heterocycles. The lowest BCUT2D eigenvalue weighted by molar-refractivity contribution is 0.165. The molecule has 2 aliphatic rings. The van der Waals surface area contributed by atoms with E-state index >= 15 is 0 Å². The maximum Gasteiger partial charge on any atom is 0.225 e. The maximum atomic E-state index is 10.6. The number of nitrogens with zero attached hydrogens (tertiary/aromatic N) is 2.